The second-order valence-electron chi connectivity index (χ2n) is 16.2. The summed E-state index contributed by atoms with van der Waals surface area (Å²) in [4.78, 5) is 2.74. The fraction of sp³-hybridized carbons (Fsp3) is 0.917. The average Bonchev–Trinajstić information content (AvgIpc) is 3.14. The zero-order chi connectivity index (χ0) is 38.0. The minimum Gasteiger partial charge on any atom is -0.499 e. The van der Waals surface area contributed by atoms with Gasteiger partial charge in [0.15, 0.2) is 0 Å². The van der Waals surface area contributed by atoms with E-state index in [2.05, 4.69) is 51.2 Å². The van der Waals surface area contributed by atoms with Crippen LogP contribution in [0.3, 0.4) is 0 Å². The zero-order valence-electron chi connectivity index (χ0n) is 36.3. The first-order valence-electron chi connectivity index (χ1n) is 23.6. The lowest BCUT2D eigenvalue weighted by atomic mass is 10.0. The van der Waals surface area contributed by atoms with Crippen LogP contribution in [0.5, 0.6) is 0 Å². The highest BCUT2D eigenvalue weighted by Crippen LogP contribution is 2.21. The first-order chi connectivity index (χ1) is 25.6. The molecule has 52 heavy (non-hydrogen) atoms. The van der Waals surface area contributed by atoms with Crippen LogP contribution in [0.15, 0.2) is 24.7 Å². The minimum atomic E-state index is 0.391. The smallest absolute Gasteiger partial charge is 0.0982 e. The van der Waals surface area contributed by atoms with Crippen molar-refractivity contribution in [1.82, 2.24) is 10.2 Å². The summed E-state index contributed by atoms with van der Waals surface area (Å²) in [6.45, 7) is 21.1. The minimum absolute atomic E-state index is 0.391. The SMILES string of the molecule is C=C(CCCCCCCN(CCCCCCCC(=C)OC(CCCCCCCC)CCCCCCCC)CCCNC)OCCCCCCCCC. The van der Waals surface area contributed by atoms with Crippen molar-refractivity contribution in [2.45, 2.75) is 245 Å². The molecule has 0 heterocycles. The number of unbranched alkanes of at least 4 members (excludes halogenated alkanes) is 24. The molecule has 0 unspecified atom stereocenters. The van der Waals surface area contributed by atoms with E-state index in [1.807, 2.05) is 0 Å². The van der Waals surface area contributed by atoms with Crippen LogP contribution in [-0.2, 0) is 9.47 Å². The third-order valence-electron chi connectivity index (χ3n) is 10.9. The van der Waals surface area contributed by atoms with E-state index in [4.69, 9.17) is 9.47 Å². The Bertz CT molecular complexity index is 709. The first kappa shape index (κ1) is 51.0. The lowest BCUT2D eigenvalue weighted by Crippen LogP contribution is -2.29. The highest BCUT2D eigenvalue weighted by Gasteiger charge is 2.12. The number of ether oxygens (including phenoxy) is 2. The van der Waals surface area contributed by atoms with Gasteiger partial charge in [-0.3, -0.25) is 0 Å². The average molecular weight is 733 g/mol. The third-order valence-corrected chi connectivity index (χ3v) is 10.9. The summed E-state index contributed by atoms with van der Waals surface area (Å²) in [6.07, 6.45) is 44.9. The van der Waals surface area contributed by atoms with E-state index in [1.165, 1.54) is 225 Å². The Labute approximate surface area is 328 Å². The quantitative estimate of drug-likeness (QED) is 0.0499. The molecule has 0 bridgehead atoms. The number of hydrogen-bond acceptors (Lipinski definition) is 4. The van der Waals surface area contributed by atoms with Crippen molar-refractivity contribution in [3.63, 3.8) is 0 Å². The van der Waals surface area contributed by atoms with Crippen LogP contribution in [0.2, 0.25) is 0 Å². The molecule has 0 rings (SSSR count). The summed E-state index contributed by atoms with van der Waals surface area (Å²) in [5.41, 5.74) is 0. The Morgan fingerprint density at radius 3 is 1.33 bits per heavy atom. The molecule has 0 amide bonds. The number of allylic oxidation sites excluding steroid dienone is 2. The van der Waals surface area contributed by atoms with Crippen molar-refractivity contribution in [2.75, 3.05) is 39.8 Å². The molecule has 4 nitrogen and oxygen atoms in total. The lowest BCUT2D eigenvalue weighted by molar-refractivity contribution is 0.0895. The van der Waals surface area contributed by atoms with Gasteiger partial charge in [0, 0.05) is 12.8 Å². The van der Waals surface area contributed by atoms with E-state index < -0.39 is 0 Å². The molecule has 0 aromatic carbocycles. The maximum atomic E-state index is 6.51. The van der Waals surface area contributed by atoms with Crippen molar-refractivity contribution in [2.24, 2.45) is 0 Å². The van der Waals surface area contributed by atoms with Crippen LogP contribution >= 0.6 is 0 Å². The zero-order valence-corrected chi connectivity index (χ0v) is 36.3. The normalized spacial score (nSPS) is 11.6. The Balaban J connectivity index is 4.09. The summed E-state index contributed by atoms with van der Waals surface area (Å²) in [6, 6.07) is 0. The Kier molecular flexibility index (Phi) is 41.9. The molecule has 310 valence electrons. The summed E-state index contributed by atoms with van der Waals surface area (Å²) in [5.74, 6) is 2.06. The van der Waals surface area contributed by atoms with Crippen LogP contribution in [0.25, 0.3) is 0 Å². The van der Waals surface area contributed by atoms with Crippen molar-refractivity contribution in [1.29, 1.82) is 0 Å². The van der Waals surface area contributed by atoms with Crippen molar-refractivity contribution < 1.29 is 9.47 Å². The Morgan fingerprint density at radius 1 is 0.462 bits per heavy atom. The van der Waals surface area contributed by atoms with Crippen LogP contribution < -0.4 is 5.32 Å². The summed E-state index contributed by atoms with van der Waals surface area (Å²) in [7, 11) is 2.07. The largest absolute Gasteiger partial charge is 0.499 e. The van der Waals surface area contributed by atoms with Gasteiger partial charge < -0.3 is 19.7 Å². The fourth-order valence-corrected chi connectivity index (χ4v) is 7.40. The second-order valence-corrected chi connectivity index (χ2v) is 16.2. The fourth-order valence-electron chi connectivity index (χ4n) is 7.40. The number of nitrogens with one attached hydrogen (secondary N) is 1. The van der Waals surface area contributed by atoms with E-state index in [-0.39, 0.29) is 0 Å². The van der Waals surface area contributed by atoms with Gasteiger partial charge in [-0.15, -0.1) is 0 Å². The van der Waals surface area contributed by atoms with E-state index in [0.717, 1.165) is 37.5 Å². The molecule has 4 heteroatoms. The molecule has 0 aliphatic heterocycles. The van der Waals surface area contributed by atoms with Crippen LogP contribution in [-0.4, -0.2) is 50.8 Å². The third kappa shape index (κ3) is 38.7. The highest BCUT2D eigenvalue weighted by atomic mass is 16.5. The van der Waals surface area contributed by atoms with Gasteiger partial charge in [0.05, 0.1) is 24.2 Å². The molecule has 0 aliphatic carbocycles. The predicted molar refractivity (Wildman–Crippen MR) is 233 cm³/mol. The molecule has 0 saturated heterocycles. The van der Waals surface area contributed by atoms with E-state index in [0.29, 0.717) is 6.10 Å². The Morgan fingerprint density at radius 2 is 0.846 bits per heavy atom. The predicted octanol–water partition coefficient (Wildman–Crippen LogP) is 15.3. The van der Waals surface area contributed by atoms with Crippen LogP contribution in [0.1, 0.15) is 239 Å². The van der Waals surface area contributed by atoms with Gasteiger partial charge in [-0.1, -0.05) is 175 Å². The van der Waals surface area contributed by atoms with Crippen molar-refractivity contribution in [3.05, 3.63) is 24.7 Å². The molecular weight excluding hydrogens is 637 g/mol. The van der Waals surface area contributed by atoms with Gasteiger partial charge in [0.1, 0.15) is 0 Å². The molecule has 0 aromatic rings. The molecule has 0 atom stereocenters. The molecule has 0 saturated carbocycles. The lowest BCUT2D eigenvalue weighted by Gasteiger charge is -2.22. The summed E-state index contributed by atoms with van der Waals surface area (Å²) in [5, 5.41) is 3.34. The summed E-state index contributed by atoms with van der Waals surface area (Å²) < 4.78 is 12.4. The maximum absolute atomic E-state index is 6.51. The van der Waals surface area contributed by atoms with E-state index >= 15 is 0 Å². The van der Waals surface area contributed by atoms with Gasteiger partial charge in [0.25, 0.3) is 0 Å². The molecule has 0 aliphatic rings. The molecule has 0 aromatic heterocycles. The van der Waals surface area contributed by atoms with Crippen LogP contribution in [0.4, 0.5) is 0 Å². The maximum Gasteiger partial charge on any atom is 0.0982 e. The number of hydrogen-bond donors (Lipinski definition) is 1. The molecular formula is C48H96N2O2. The van der Waals surface area contributed by atoms with Crippen molar-refractivity contribution in [3.8, 4) is 0 Å². The van der Waals surface area contributed by atoms with Gasteiger partial charge in [-0.25, -0.2) is 0 Å². The van der Waals surface area contributed by atoms with Crippen LogP contribution in [0, 0.1) is 0 Å². The van der Waals surface area contributed by atoms with Gasteiger partial charge in [-0.2, -0.15) is 0 Å². The highest BCUT2D eigenvalue weighted by molar-refractivity contribution is 4.84. The standard InChI is InChI=1S/C48H96N2O2/c1-7-10-13-16-19-28-35-45-51-46(4)37-29-22-20-26-33-42-50(44-36-41-49-6)43-34-27-21-23-30-38-47(5)52-48(39-31-24-17-14-11-8-2)40-32-25-18-15-12-9-3/h48-49H,4-5,7-45H2,1-3,6H3. The van der Waals surface area contributed by atoms with Gasteiger partial charge in [-0.05, 0) is 97.4 Å². The number of nitrogens with zero attached hydrogens (tertiary/aromatic N) is 1. The molecule has 0 radical (unpaired) electrons. The first-order valence-corrected chi connectivity index (χ1v) is 23.6. The summed E-state index contributed by atoms with van der Waals surface area (Å²) >= 11 is 0. The topological polar surface area (TPSA) is 33.7 Å². The van der Waals surface area contributed by atoms with Gasteiger partial charge >= 0.3 is 0 Å². The monoisotopic (exact) mass is 733 g/mol. The molecule has 0 fully saturated rings. The Hall–Kier alpha value is -1.00. The van der Waals surface area contributed by atoms with E-state index in [1.54, 1.807) is 0 Å². The van der Waals surface area contributed by atoms with E-state index in [9.17, 15) is 0 Å². The molecule has 0 spiro atoms. The van der Waals surface area contributed by atoms with Crippen molar-refractivity contribution >= 4 is 0 Å². The van der Waals surface area contributed by atoms with Gasteiger partial charge in [0.2, 0.25) is 0 Å². The second kappa shape index (κ2) is 42.7. The molecule has 1 N–H and O–H groups in total. The number of rotatable bonds is 45.